The van der Waals surface area contributed by atoms with Crippen LogP contribution < -0.4 is 21.5 Å². The molecule has 0 aliphatic heterocycles. The molecule has 0 aliphatic rings. The van der Waals surface area contributed by atoms with Gasteiger partial charge >= 0.3 is 0 Å². The van der Waals surface area contributed by atoms with Crippen LogP contribution in [0.2, 0.25) is 0 Å². The van der Waals surface area contributed by atoms with E-state index in [0.717, 1.165) is 11.1 Å². The fourth-order valence-corrected chi connectivity index (χ4v) is 3.64. The van der Waals surface area contributed by atoms with Crippen LogP contribution in [0.1, 0.15) is 15.9 Å². The second-order valence-corrected chi connectivity index (χ2v) is 7.80. The van der Waals surface area contributed by atoms with Crippen molar-refractivity contribution in [2.24, 2.45) is 0 Å². The number of hydrogen-bond donors (Lipinski definition) is 4. The van der Waals surface area contributed by atoms with E-state index in [4.69, 9.17) is 0 Å². The second-order valence-electron chi connectivity index (χ2n) is 7.80. The molecule has 172 valence electrons. The molecule has 0 saturated carbocycles. The van der Waals surface area contributed by atoms with Crippen molar-refractivity contribution in [1.82, 2.24) is 25.9 Å². The summed E-state index contributed by atoms with van der Waals surface area (Å²) in [5.74, 6) is -0.459. The Labute approximate surface area is 198 Å². The summed E-state index contributed by atoms with van der Waals surface area (Å²) in [5.41, 5.74) is 1.99. The highest BCUT2D eigenvalue weighted by atomic mass is 16.3. The third-order valence-electron chi connectivity index (χ3n) is 5.46. The number of aromatic amines is 1. The van der Waals surface area contributed by atoms with Crippen molar-refractivity contribution in [2.75, 3.05) is 5.32 Å². The predicted molar refractivity (Wildman–Crippen MR) is 129 cm³/mol. The van der Waals surface area contributed by atoms with Crippen LogP contribution in [0.15, 0.2) is 82.4 Å². The van der Waals surface area contributed by atoms with E-state index in [2.05, 4.69) is 31.3 Å². The maximum atomic E-state index is 12.8. The molecule has 0 radical (unpaired) electrons. The Morgan fingerprint density at radius 1 is 0.886 bits per heavy atom. The molecule has 0 spiro atoms. The van der Waals surface area contributed by atoms with Crippen LogP contribution in [0, 0.1) is 0 Å². The van der Waals surface area contributed by atoms with Gasteiger partial charge in [0.2, 0.25) is 0 Å². The highest BCUT2D eigenvalue weighted by Crippen LogP contribution is 2.31. The zero-order valence-electron chi connectivity index (χ0n) is 18.1. The Morgan fingerprint density at radius 3 is 2.43 bits per heavy atom. The number of anilines is 2. The first-order chi connectivity index (χ1) is 17.0. The van der Waals surface area contributed by atoms with Gasteiger partial charge in [0.05, 0.1) is 0 Å². The summed E-state index contributed by atoms with van der Waals surface area (Å²) in [4.78, 5) is 36.0. The Bertz CT molecular complexity index is 1590. The molecule has 10 heteroatoms. The number of aromatic nitrogens is 4. The van der Waals surface area contributed by atoms with E-state index in [1.807, 2.05) is 42.5 Å². The van der Waals surface area contributed by atoms with E-state index in [0.29, 0.717) is 34.7 Å². The van der Waals surface area contributed by atoms with Crippen molar-refractivity contribution < 1.29 is 9.90 Å². The van der Waals surface area contributed by atoms with Crippen LogP contribution in [0.3, 0.4) is 0 Å². The topological polar surface area (TPSA) is 150 Å². The molecule has 4 N–H and O–H groups in total. The maximum Gasteiger partial charge on any atom is 0.271 e. The Morgan fingerprint density at radius 2 is 1.69 bits per heavy atom. The van der Waals surface area contributed by atoms with Crippen LogP contribution in [0.4, 0.5) is 11.4 Å². The monoisotopic (exact) mass is 466 g/mol. The van der Waals surface area contributed by atoms with E-state index in [1.54, 1.807) is 30.3 Å². The SMILES string of the molecule is O=C(NCc1ccccc1)c1cccc(-c2cc(Nc3c(O)c(=O)c3=O)cc(-c3nnn[nH]3)c2)c1. The second kappa shape index (κ2) is 9.02. The van der Waals surface area contributed by atoms with Crippen molar-refractivity contribution >= 4 is 17.3 Å². The first kappa shape index (κ1) is 21.7. The third kappa shape index (κ3) is 4.40. The maximum absolute atomic E-state index is 12.8. The standard InChI is InChI=1S/C25H18N6O4/c32-21-20(22(33)23(21)34)27-19-11-17(10-18(12-19)24-28-30-31-29-24)15-7-4-8-16(9-15)25(35)26-13-14-5-2-1-3-6-14/h1-12,27,32H,13H2,(H,26,35)(H,28,29,30,31). The summed E-state index contributed by atoms with van der Waals surface area (Å²) in [7, 11) is 0. The quantitative estimate of drug-likeness (QED) is 0.267. The largest absolute Gasteiger partial charge is 0.502 e. The summed E-state index contributed by atoms with van der Waals surface area (Å²) in [5, 5.41) is 29.2. The van der Waals surface area contributed by atoms with Gasteiger partial charge in [-0.2, -0.15) is 0 Å². The number of tetrazole rings is 1. The third-order valence-corrected chi connectivity index (χ3v) is 5.46. The summed E-state index contributed by atoms with van der Waals surface area (Å²) in [6.07, 6.45) is 0. The van der Waals surface area contributed by atoms with Crippen LogP contribution in [-0.4, -0.2) is 31.6 Å². The van der Waals surface area contributed by atoms with Gasteiger partial charge in [0.25, 0.3) is 16.8 Å². The summed E-state index contributed by atoms with van der Waals surface area (Å²) in [6, 6.07) is 21.9. The van der Waals surface area contributed by atoms with Crippen molar-refractivity contribution in [2.45, 2.75) is 6.54 Å². The number of nitrogens with zero attached hydrogens (tertiary/aromatic N) is 3. The number of H-pyrrole nitrogens is 1. The van der Waals surface area contributed by atoms with Crippen molar-refractivity contribution in [3.8, 4) is 28.3 Å². The van der Waals surface area contributed by atoms with Gasteiger partial charge in [0.15, 0.2) is 11.6 Å². The summed E-state index contributed by atoms with van der Waals surface area (Å²) >= 11 is 0. The van der Waals surface area contributed by atoms with Gasteiger partial charge in [-0.15, -0.1) is 5.10 Å². The average molecular weight is 466 g/mol. The normalized spacial score (nSPS) is 10.9. The molecule has 5 rings (SSSR count). The molecule has 0 atom stereocenters. The fraction of sp³-hybridized carbons (Fsp3) is 0.0400. The predicted octanol–water partition coefficient (Wildman–Crippen LogP) is 2.51. The molecule has 0 saturated heterocycles. The van der Waals surface area contributed by atoms with E-state index in [1.165, 1.54) is 0 Å². The Hall–Kier alpha value is -5.12. The van der Waals surface area contributed by atoms with E-state index in [-0.39, 0.29) is 11.6 Å². The zero-order chi connectivity index (χ0) is 24.4. The molecule has 0 bridgehead atoms. The van der Waals surface area contributed by atoms with Gasteiger partial charge in [-0.05, 0) is 57.4 Å². The molecule has 10 nitrogen and oxygen atoms in total. The zero-order valence-corrected chi connectivity index (χ0v) is 18.1. The highest BCUT2D eigenvalue weighted by molar-refractivity contribution is 5.95. The molecule has 0 unspecified atom stereocenters. The minimum atomic E-state index is -0.933. The molecule has 0 aliphatic carbocycles. The lowest BCUT2D eigenvalue weighted by Crippen LogP contribution is -2.32. The number of hydrogen-bond acceptors (Lipinski definition) is 8. The smallest absolute Gasteiger partial charge is 0.271 e. The van der Waals surface area contributed by atoms with Gasteiger partial charge in [0.1, 0.15) is 5.69 Å². The fourth-order valence-electron chi connectivity index (χ4n) is 3.64. The molecule has 1 amide bonds. The van der Waals surface area contributed by atoms with Crippen molar-refractivity contribution in [1.29, 1.82) is 0 Å². The number of aromatic hydroxyl groups is 1. The minimum Gasteiger partial charge on any atom is -0.502 e. The Balaban J connectivity index is 1.46. The average Bonchev–Trinajstić information content (AvgIpc) is 3.45. The van der Waals surface area contributed by atoms with Gasteiger partial charge in [-0.1, -0.05) is 42.5 Å². The minimum absolute atomic E-state index is 0.178. The summed E-state index contributed by atoms with van der Waals surface area (Å²) < 4.78 is 0. The van der Waals surface area contributed by atoms with Crippen LogP contribution >= 0.6 is 0 Å². The van der Waals surface area contributed by atoms with Crippen molar-refractivity contribution in [3.63, 3.8) is 0 Å². The molecule has 1 aromatic heterocycles. The lowest BCUT2D eigenvalue weighted by Gasteiger charge is -2.13. The van der Waals surface area contributed by atoms with Gasteiger partial charge < -0.3 is 15.7 Å². The molecule has 4 aromatic carbocycles. The van der Waals surface area contributed by atoms with E-state index < -0.39 is 16.6 Å². The molecular weight excluding hydrogens is 448 g/mol. The number of nitrogens with one attached hydrogen (secondary N) is 3. The first-order valence-corrected chi connectivity index (χ1v) is 10.6. The molecule has 35 heavy (non-hydrogen) atoms. The van der Waals surface area contributed by atoms with Gasteiger partial charge in [-0.25, -0.2) is 5.10 Å². The van der Waals surface area contributed by atoms with Gasteiger partial charge in [0, 0.05) is 23.4 Å². The lowest BCUT2D eigenvalue weighted by molar-refractivity contribution is 0.0951. The van der Waals surface area contributed by atoms with Gasteiger partial charge in [-0.3, -0.25) is 14.4 Å². The van der Waals surface area contributed by atoms with Crippen LogP contribution in [0.25, 0.3) is 22.5 Å². The number of rotatable bonds is 7. The molecular formula is C25H18N6O4. The number of benzene rings is 3. The van der Waals surface area contributed by atoms with Crippen molar-refractivity contribution in [3.05, 3.63) is 104 Å². The Kier molecular flexibility index (Phi) is 5.60. The summed E-state index contributed by atoms with van der Waals surface area (Å²) in [6.45, 7) is 0.400. The first-order valence-electron chi connectivity index (χ1n) is 10.6. The van der Waals surface area contributed by atoms with E-state index >= 15 is 0 Å². The van der Waals surface area contributed by atoms with Crippen LogP contribution in [0.5, 0.6) is 5.75 Å². The number of carbonyl (C=O) groups excluding carboxylic acids is 1. The number of amides is 1. The highest BCUT2D eigenvalue weighted by Gasteiger charge is 2.21. The molecule has 5 aromatic rings. The van der Waals surface area contributed by atoms with E-state index in [9.17, 15) is 19.5 Å². The van der Waals surface area contributed by atoms with Crippen LogP contribution in [-0.2, 0) is 6.54 Å². The lowest BCUT2D eigenvalue weighted by atomic mass is 9.99. The number of carbonyl (C=O) groups is 1. The molecule has 1 heterocycles. The molecule has 0 fully saturated rings.